The zero-order valence-electron chi connectivity index (χ0n) is 11.6. The van der Waals surface area contributed by atoms with Crippen molar-refractivity contribution < 1.29 is 4.79 Å². The standard InChI is InChI=1S/C18H12N2OS/c21-18(14-6-8-16-17(10-14)22-11-19-16)20-15-7-5-12-3-1-2-4-13(12)9-15/h1-11H,(H,20,21). The van der Waals surface area contributed by atoms with Crippen LogP contribution in [0.3, 0.4) is 0 Å². The van der Waals surface area contributed by atoms with Crippen molar-refractivity contribution in [3.8, 4) is 0 Å². The van der Waals surface area contributed by atoms with Crippen molar-refractivity contribution in [2.75, 3.05) is 5.32 Å². The van der Waals surface area contributed by atoms with Gasteiger partial charge >= 0.3 is 0 Å². The van der Waals surface area contributed by atoms with Crippen LogP contribution in [-0.4, -0.2) is 10.9 Å². The molecule has 0 unspecified atom stereocenters. The molecule has 0 spiro atoms. The topological polar surface area (TPSA) is 42.0 Å². The highest BCUT2D eigenvalue weighted by molar-refractivity contribution is 7.16. The summed E-state index contributed by atoms with van der Waals surface area (Å²) >= 11 is 1.54. The number of aromatic nitrogens is 1. The van der Waals surface area contributed by atoms with Gasteiger partial charge in [0.2, 0.25) is 0 Å². The highest BCUT2D eigenvalue weighted by atomic mass is 32.1. The van der Waals surface area contributed by atoms with Gasteiger partial charge in [-0.15, -0.1) is 11.3 Å². The highest BCUT2D eigenvalue weighted by Gasteiger charge is 2.08. The zero-order chi connectivity index (χ0) is 14.9. The van der Waals surface area contributed by atoms with Gasteiger partial charge in [0.15, 0.2) is 0 Å². The zero-order valence-corrected chi connectivity index (χ0v) is 12.4. The number of nitrogens with one attached hydrogen (secondary N) is 1. The average Bonchev–Trinajstić information content (AvgIpc) is 3.02. The van der Waals surface area contributed by atoms with Crippen LogP contribution < -0.4 is 5.32 Å². The molecule has 0 aliphatic carbocycles. The van der Waals surface area contributed by atoms with Gasteiger partial charge in [0.05, 0.1) is 15.7 Å². The van der Waals surface area contributed by atoms with E-state index in [2.05, 4.69) is 16.4 Å². The number of amides is 1. The Hall–Kier alpha value is -2.72. The minimum absolute atomic E-state index is 0.106. The fraction of sp³-hybridized carbons (Fsp3) is 0. The van der Waals surface area contributed by atoms with Gasteiger partial charge < -0.3 is 5.32 Å². The molecule has 0 bridgehead atoms. The molecule has 4 aromatic rings. The number of carbonyl (C=O) groups excluding carboxylic acids is 1. The Morgan fingerprint density at radius 2 is 1.82 bits per heavy atom. The molecule has 4 rings (SSSR count). The first-order valence-electron chi connectivity index (χ1n) is 6.93. The van der Waals surface area contributed by atoms with Crippen LogP contribution in [0.25, 0.3) is 21.0 Å². The molecule has 3 aromatic carbocycles. The van der Waals surface area contributed by atoms with Crippen molar-refractivity contribution in [2.45, 2.75) is 0 Å². The molecule has 1 heterocycles. The number of nitrogens with zero attached hydrogens (tertiary/aromatic N) is 1. The summed E-state index contributed by atoms with van der Waals surface area (Å²) in [5.74, 6) is -0.106. The second-order valence-corrected chi connectivity index (χ2v) is 5.94. The van der Waals surface area contributed by atoms with Crippen LogP contribution >= 0.6 is 11.3 Å². The molecular formula is C18H12N2OS. The molecule has 4 heteroatoms. The lowest BCUT2D eigenvalue weighted by atomic mass is 10.1. The van der Waals surface area contributed by atoms with Crippen molar-refractivity contribution in [1.29, 1.82) is 0 Å². The molecule has 0 aliphatic heterocycles. The monoisotopic (exact) mass is 304 g/mol. The fourth-order valence-electron chi connectivity index (χ4n) is 2.47. The lowest BCUT2D eigenvalue weighted by Gasteiger charge is -2.07. The summed E-state index contributed by atoms with van der Waals surface area (Å²) in [6.45, 7) is 0. The lowest BCUT2D eigenvalue weighted by molar-refractivity contribution is 0.102. The SMILES string of the molecule is O=C(Nc1ccc2ccccc2c1)c1ccc2ncsc2c1. The molecule has 3 nitrogen and oxygen atoms in total. The van der Waals surface area contributed by atoms with Gasteiger partial charge in [0.1, 0.15) is 0 Å². The van der Waals surface area contributed by atoms with Crippen molar-refractivity contribution >= 4 is 43.9 Å². The van der Waals surface area contributed by atoms with Gasteiger partial charge in [-0.1, -0.05) is 30.3 Å². The smallest absolute Gasteiger partial charge is 0.255 e. The summed E-state index contributed by atoms with van der Waals surface area (Å²) in [6, 6.07) is 19.6. The molecular weight excluding hydrogens is 292 g/mol. The summed E-state index contributed by atoms with van der Waals surface area (Å²) in [7, 11) is 0. The number of benzene rings is 3. The fourth-order valence-corrected chi connectivity index (χ4v) is 3.18. The van der Waals surface area contributed by atoms with Crippen LogP contribution in [0.2, 0.25) is 0 Å². The van der Waals surface area contributed by atoms with Crippen molar-refractivity contribution in [2.24, 2.45) is 0 Å². The van der Waals surface area contributed by atoms with Gasteiger partial charge in [-0.05, 0) is 41.1 Å². The van der Waals surface area contributed by atoms with E-state index in [4.69, 9.17) is 0 Å². The van der Waals surface area contributed by atoms with Gasteiger partial charge in [-0.3, -0.25) is 4.79 Å². The molecule has 1 aromatic heterocycles. The summed E-state index contributed by atoms with van der Waals surface area (Å²) in [6.07, 6.45) is 0. The van der Waals surface area contributed by atoms with Gasteiger partial charge in [-0.2, -0.15) is 0 Å². The Balaban J connectivity index is 1.64. The summed E-state index contributed by atoms with van der Waals surface area (Å²) < 4.78 is 1.02. The van der Waals surface area contributed by atoms with Crippen molar-refractivity contribution in [1.82, 2.24) is 4.98 Å². The van der Waals surface area contributed by atoms with Gasteiger partial charge in [0.25, 0.3) is 5.91 Å². The average molecular weight is 304 g/mol. The third kappa shape index (κ3) is 2.34. The van der Waals surface area contributed by atoms with E-state index in [1.165, 1.54) is 11.3 Å². The highest BCUT2D eigenvalue weighted by Crippen LogP contribution is 2.22. The number of thiazole rings is 1. The van der Waals surface area contributed by atoms with E-state index in [0.717, 1.165) is 26.7 Å². The van der Waals surface area contributed by atoms with E-state index in [1.54, 1.807) is 11.6 Å². The first-order chi connectivity index (χ1) is 10.8. The first kappa shape index (κ1) is 13.0. The second-order valence-electron chi connectivity index (χ2n) is 5.05. The van der Waals surface area contributed by atoms with Crippen LogP contribution in [0, 0.1) is 0 Å². The number of carbonyl (C=O) groups is 1. The number of hydrogen-bond donors (Lipinski definition) is 1. The third-order valence-corrected chi connectivity index (χ3v) is 4.39. The van der Waals surface area contributed by atoms with Crippen LogP contribution in [0.15, 0.2) is 66.2 Å². The maximum atomic E-state index is 12.4. The number of fused-ring (bicyclic) bond motifs is 2. The maximum Gasteiger partial charge on any atom is 0.255 e. The Kier molecular flexibility index (Phi) is 3.09. The first-order valence-corrected chi connectivity index (χ1v) is 7.81. The molecule has 0 saturated heterocycles. The van der Waals surface area contributed by atoms with E-state index in [-0.39, 0.29) is 5.91 Å². The molecule has 0 atom stereocenters. The quantitative estimate of drug-likeness (QED) is 0.583. The summed E-state index contributed by atoms with van der Waals surface area (Å²) in [5, 5.41) is 5.22. The van der Waals surface area contributed by atoms with E-state index in [0.29, 0.717) is 5.56 Å². The molecule has 0 fully saturated rings. The number of rotatable bonds is 2. The Bertz CT molecular complexity index is 990. The van der Waals surface area contributed by atoms with Crippen LogP contribution in [-0.2, 0) is 0 Å². The molecule has 22 heavy (non-hydrogen) atoms. The Morgan fingerprint density at radius 3 is 2.73 bits per heavy atom. The summed E-state index contributed by atoms with van der Waals surface area (Å²) in [4.78, 5) is 16.6. The van der Waals surface area contributed by atoms with Crippen LogP contribution in [0.5, 0.6) is 0 Å². The number of anilines is 1. The molecule has 0 saturated carbocycles. The molecule has 1 N–H and O–H groups in total. The lowest BCUT2D eigenvalue weighted by Crippen LogP contribution is -2.11. The third-order valence-electron chi connectivity index (χ3n) is 3.60. The molecule has 1 amide bonds. The molecule has 0 aliphatic rings. The minimum Gasteiger partial charge on any atom is -0.322 e. The molecule has 106 valence electrons. The summed E-state index contributed by atoms with van der Waals surface area (Å²) in [5.41, 5.74) is 4.15. The van der Waals surface area contributed by atoms with Gasteiger partial charge in [0, 0.05) is 11.3 Å². The van der Waals surface area contributed by atoms with E-state index >= 15 is 0 Å². The second kappa shape index (κ2) is 5.24. The molecule has 0 radical (unpaired) electrons. The van der Waals surface area contributed by atoms with E-state index < -0.39 is 0 Å². The maximum absolute atomic E-state index is 12.4. The van der Waals surface area contributed by atoms with Crippen molar-refractivity contribution in [3.05, 3.63) is 71.7 Å². The normalized spacial score (nSPS) is 10.9. The van der Waals surface area contributed by atoms with Gasteiger partial charge in [-0.25, -0.2) is 4.98 Å². The minimum atomic E-state index is -0.106. The van der Waals surface area contributed by atoms with Crippen molar-refractivity contribution in [3.63, 3.8) is 0 Å². The van der Waals surface area contributed by atoms with Crippen LogP contribution in [0.4, 0.5) is 5.69 Å². The van der Waals surface area contributed by atoms with Crippen LogP contribution in [0.1, 0.15) is 10.4 Å². The predicted octanol–water partition coefficient (Wildman–Crippen LogP) is 4.70. The number of hydrogen-bond acceptors (Lipinski definition) is 3. The Labute approximate surface area is 131 Å². The van der Waals surface area contributed by atoms with E-state index in [9.17, 15) is 4.79 Å². The Morgan fingerprint density at radius 1 is 0.955 bits per heavy atom. The largest absolute Gasteiger partial charge is 0.322 e. The van der Waals surface area contributed by atoms with E-state index in [1.807, 2.05) is 48.5 Å². The predicted molar refractivity (Wildman–Crippen MR) is 91.5 cm³/mol.